The highest BCUT2D eigenvalue weighted by atomic mass is 16.3. The molecule has 1 aromatic heterocycles. The largest absolute Gasteiger partial charge is 0.508 e. The van der Waals surface area contributed by atoms with E-state index in [1.165, 1.54) is 10.7 Å². The van der Waals surface area contributed by atoms with Crippen molar-refractivity contribution < 1.29 is 9.90 Å². The van der Waals surface area contributed by atoms with Gasteiger partial charge >= 0.3 is 0 Å². The van der Waals surface area contributed by atoms with Crippen molar-refractivity contribution in [1.29, 1.82) is 0 Å². The SMILES string of the molecule is CCc1nn(C)c(C(=O)Nc2ccc(C)c(O)c2)c1N. The number of nitrogen functional groups attached to an aromatic ring is 1. The molecular formula is C14H18N4O2. The Balaban J connectivity index is 2.28. The minimum absolute atomic E-state index is 0.134. The second-order valence-corrected chi connectivity index (χ2v) is 4.64. The number of hydrogen-bond donors (Lipinski definition) is 3. The van der Waals surface area contributed by atoms with Crippen LogP contribution < -0.4 is 11.1 Å². The Hall–Kier alpha value is -2.50. The van der Waals surface area contributed by atoms with Gasteiger partial charge in [-0.05, 0) is 25.0 Å². The van der Waals surface area contributed by atoms with E-state index in [0.717, 1.165) is 5.56 Å². The lowest BCUT2D eigenvalue weighted by Crippen LogP contribution is -2.17. The summed E-state index contributed by atoms with van der Waals surface area (Å²) in [5.74, 6) is -0.213. The molecule has 0 unspecified atom stereocenters. The molecule has 1 amide bonds. The van der Waals surface area contributed by atoms with Gasteiger partial charge in [0.1, 0.15) is 11.4 Å². The Morgan fingerprint density at radius 3 is 2.75 bits per heavy atom. The molecule has 1 aromatic carbocycles. The van der Waals surface area contributed by atoms with Crippen LogP contribution in [0.25, 0.3) is 0 Å². The molecule has 0 aliphatic heterocycles. The van der Waals surface area contributed by atoms with Crippen molar-refractivity contribution in [3.63, 3.8) is 0 Å². The molecule has 0 saturated carbocycles. The van der Waals surface area contributed by atoms with Gasteiger partial charge in [0.2, 0.25) is 0 Å². The normalized spacial score (nSPS) is 10.6. The number of nitrogens with one attached hydrogen (secondary N) is 1. The number of phenolic OH excluding ortho intramolecular Hbond substituents is 1. The van der Waals surface area contributed by atoms with Gasteiger partial charge in [-0.2, -0.15) is 5.10 Å². The van der Waals surface area contributed by atoms with E-state index < -0.39 is 0 Å². The van der Waals surface area contributed by atoms with Crippen LogP contribution in [-0.2, 0) is 13.5 Å². The van der Waals surface area contributed by atoms with Crippen LogP contribution in [0.3, 0.4) is 0 Å². The molecule has 0 bridgehead atoms. The summed E-state index contributed by atoms with van der Waals surface area (Å²) in [6.07, 6.45) is 0.665. The van der Waals surface area contributed by atoms with Crippen molar-refractivity contribution in [2.75, 3.05) is 11.1 Å². The van der Waals surface area contributed by atoms with E-state index in [2.05, 4.69) is 10.4 Å². The molecule has 20 heavy (non-hydrogen) atoms. The summed E-state index contributed by atoms with van der Waals surface area (Å²) in [4.78, 5) is 12.2. The van der Waals surface area contributed by atoms with Gasteiger partial charge < -0.3 is 16.2 Å². The molecule has 0 saturated heterocycles. The second kappa shape index (κ2) is 5.24. The van der Waals surface area contributed by atoms with Crippen molar-refractivity contribution >= 4 is 17.3 Å². The standard InChI is InChI=1S/C14H18N4O2/c1-4-10-12(15)13(18(3)17-10)14(20)16-9-6-5-8(2)11(19)7-9/h5-7,19H,4,15H2,1-3H3,(H,16,20). The van der Waals surface area contributed by atoms with Crippen LogP contribution in [0.2, 0.25) is 0 Å². The highest BCUT2D eigenvalue weighted by Gasteiger charge is 2.19. The zero-order chi connectivity index (χ0) is 14.9. The predicted molar refractivity (Wildman–Crippen MR) is 77.8 cm³/mol. The summed E-state index contributed by atoms with van der Waals surface area (Å²) in [7, 11) is 1.68. The van der Waals surface area contributed by atoms with Crippen LogP contribution in [0, 0.1) is 6.92 Å². The van der Waals surface area contributed by atoms with Gasteiger partial charge in [0.25, 0.3) is 5.91 Å². The molecule has 106 valence electrons. The summed E-state index contributed by atoms with van der Waals surface area (Å²) in [6, 6.07) is 4.95. The molecule has 4 N–H and O–H groups in total. The Morgan fingerprint density at radius 2 is 2.20 bits per heavy atom. The number of benzene rings is 1. The monoisotopic (exact) mass is 274 g/mol. The third-order valence-electron chi connectivity index (χ3n) is 3.18. The van der Waals surface area contributed by atoms with Crippen LogP contribution >= 0.6 is 0 Å². The number of carbonyl (C=O) groups excluding carboxylic acids is 1. The van der Waals surface area contributed by atoms with Gasteiger partial charge in [-0.3, -0.25) is 9.48 Å². The van der Waals surface area contributed by atoms with Gasteiger partial charge in [-0.1, -0.05) is 13.0 Å². The fraction of sp³-hybridized carbons (Fsp3) is 0.286. The number of carbonyl (C=O) groups is 1. The summed E-state index contributed by atoms with van der Waals surface area (Å²) in [5.41, 5.74) is 8.60. The minimum atomic E-state index is -0.347. The van der Waals surface area contributed by atoms with Crippen molar-refractivity contribution in [3.05, 3.63) is 35.2 Å². The summed E-state index contributed by atoms with van der Waals surface area (Å²) < 4.78 is 1.47. The van der Waals surface area contributed by atoms with E-state index in [9.17, 15) is 9.90 Å². The lowest BCUT2D eigenvalue weighted by atomic mass is 10.2. The number of aromatic nitrogens is 2. The van der Waals surface area contributed by atoms with Crippen molar-refractivity contribution in [2.24, 2.45) is 7.05 Å². The average Bonchev–Trinajstić information content (AvgIpc) is 2.68. The van der Waals surface area contributed by atoms with Crippen LogP contribution in [0.1, 0.15) is 28.7 Å². The fourth-order valence-electron chi connectivity index (χ4n) is 2.00. The molecule has 0 fully saturated rings. The third kappa shape index (κ3) is 2.45. The maximum absolute atomic E-state index is 12.2. The Labute approximate surface area is 117 Å². The third-order valence-corrected chi connectivity index (χ3v) is 3.18. The van der Waals surface area contributed by atoms with Crippen LogP contribution in [-0.4, -0.2) is 20.8 Å². The molecule has 6 nitrogen and oxygen atoms in total. The van der Waals surface area contributed by atoms with Crippen LogP contribution in [0.5, 0.6) is 5.75 Å². The molecule has 0 aliphatic rings. The van der Waals surface area contributed by atoms with Crippen molar-refractivity contribution in [3.8, 4) is 5.75 Å². The zero-order valence-electron chi connectivity index (χ0n) is 11.8. The smallest absolute Gasteiger partial charge is 0.276 e. The molecule has 0 spiro atoms. The number of rotatable bonds is 3. The summed E-state index contributed by atoms with van der Waals surface area (Å²) in [6.45, 7) is 3.71. The molecule has 0 radical (unpaired) electrons. The molecule has 6 heteroatoms. The van der Waals surface area contributed by atoms with Crippen molar-refractivity contribution in [1.82, 2.24) is 9.78 Å². The van der Waals surface area contributed by atoms with Crippen LogP contribution in [0.15, 0.2) is 18.2 Å². The van der Waals surface area contributed by atoms with E-state index >= 15 is 0 Å². The fourth-order valence-corrected chi connectivity index (χ4v) is 2.00. The van der Waals surface area contributed by atoms with E-state index in [4.69, 9.17) is 5.73 Å². The number of nitrogens with zero attached hydrogens (tertiary/aromatic N) is 2. The first kappa shape index (κ1) is 13.9. The molecular weight excluding hydrogens is 256 g/mol. The molecule has 2 rings (SSSR count). The van der Waals surface area contributed by atoms with E-state index in [0.29, 0.717) is 29.2 Å². The molecule has 2 aromatic rings. The molecule has 0 atom stereocenters. The molecule has 0 aliphatic carbocycles. The summed E-state index contributed by atoms with van der Waals surface area (Å²) in [5, 5.41) is 16.6. The first-order chi connectivity index (χ1) is 9.43. The van der Waals surface area contributed by atoms with Gasteiger partial charge in [0.05, 0.1) is 11.4 Å². The number of aryl methyl sites for hydroxylation is 3. The maximum atomic E-state index is 12.2. The molecule has 1 heterocycles. The number of aromatic hydroxyl groups is 1. The zero-order valence-corrected chi connectivity index (χ0v) is 11.8. The van der Waals surface area contributed by atoms with Crippen LogP contribution in [0.4, 0.5) is 11.4 Å². The van der Waals surface area contributed by atoms with Gasteiger partial charge in [0, 0.05) is 18.8 Å². The van der Waals surface area contributed by atoms with Gasteiger partial charge in [0.15, 0.2) is 0 Å². The quantitative estimate of drug-likeness (QED) is 0.796. The average molecular weight is 274 g/mol. The lowest BCUT2D eigenvalue weighted by molar-refractivity contribution is 0.101. The van der Waals surface area contributed by atoms with E-state index in [1.807, 2.05) is 6.92 Å². The van der Waals surface area contributed by atoms with Gasteiger partial charge in [-0.25, -0.2) is 0 Å². The first-order valence-corrected chi connectivity index (χ1v) is 6.36. The van der Waals surface area contributed by atoms with Gasteiger partial charge in [-0.15, -0.1) is 0 Å². The Morgan fingerprint density at radius 1 is 1.50 bits per heavy atom. The number of amides is 1. The Kier molecular flexibility index (Phi) is 3.65. The maximum Gasteiger partial charge on any atom is 0.276 e. The van der Waals surface area contributed by atoms with E-state index in [1.54, 1.807) is 26.1 Å². The van der Waals surface area contributed by atoms with E-state index in [-0.39, 0.29) is 11.7 Å². The lowest BCUT2D eigenvalue weighted by Gasteiger charge is -2.07. The number of hydrogen-bond acceptors (Lipinski definition) is 4. The topological polar surface area (TPSA) is 93.2 Å². The Bertz CT molecular complexity index is 661. The number of phenols is 1. The summed E-state index contributed by atoms with van der Waals surface area (Å²) >= 11 is 0. The minimum Gasteiger partial charge on any atom is -0.508 e. The highest BCUT2D eigenvalue weighted by Crippen LogP contribution is 2.23. The number of nitrogens with two attached hydrogens (primary N) is 1. The van der Waals surface area contributed by atoms with Crippen molar-refractivity contribution in [2.45, 2.75) is 20.3 Å². The highest BCUT2D eigenvalue weighted by molar-refractivity contribution is 6.06. The predicted octanol–water partition coefficient (Wildman–Crippen LogP) is 1.83. The second-order valence-electron chi connectivity index (χ2n) is 4.64. The number of anilines is 2. The first-order valence-electron chi connectivity index (χ1n) is 6.36.